The fourth-order valence-corrected chi connectivity index (χ4v) is 3.17. The van der Waals surface area contributed by atoms with Crippen molar-refractivity contribution in [3.8, 4) is 5.75 Å². The van der Waals surface area contributed by atoms with Crippen molar-refractivity contribution in [1.29, 1.82) is 0 Å². The zero-order chi connectivity index (χ0) is 17.8. The van der Waals surface area contributed by atoms with Gasteiger partial charge in [0.05, 0.1) is 4.90 Å². The zero-order valence-electron chi connectivity index (χ0n) is 12.7. The minimum atomic E-state index is -4.82. The van der Waals surface area contributed by atoms with Gasteiger partial charge in [0, 0.05) is 6.54 Å². The van der Waals surface area contributed by atoms with Gasteiger partial charge < -0.3 is 4.74 Å². The predicted octanol–water partition coefficient (Wildman–Crippen LogP) is 3.67. The minimum absolute atomic E-state index is 0.0474. The van der Waals surface area contributed by atoms with Crippen molar-refractivity contribution in [3.63, 3.8) is 0 Å². The molecule has 0 saturated heterocycles. The van der Waals surface area contributed by atoms with Crippen LogP contribution in [0, 0.1) is 0 Å². The molecule has 4 nitrogen and oxygen atoms in total. The Morgan fingerprint density at radius 3 is 2.17 bits per heavy atom. The lowest BCUT2D eigenvalue weighted by Gasteiger charge is -2.14. The van der Waals surface area contributed by atoms with E-state index in [9.17, 15) is 21.6 Å². The van der Waals surface area contributed by atoms with Gasteiger partial charge in [-0.15, -0.1) is 13.2 Å². The molecular weight excluding hydrogens is 343 g/mol. The maximum Gasteiger partial charge on any atom is 0.573 e. The highest BCUT2D eigenvalue weighted by Crippen LogP contribution is 2.24. The first kappa shape index (κ1) is 18.3. The van der Waals surface area contributed by atoms with Gasteiger partial charge in [-0.1, -0.05) is 37.3 Å². The third-order valence-electron chi connectivity index (χ3n) is 3.32. The minimum Gasteiger partial charge on any atom is -0.406 e. The first-order valence-corrected chi connectivity index (χ1v) is 8.56. The highest BCUT2D eigenvalue weighted by atomic mass is 32.2. The lowest BCUT2D eigenvalue weighted by molar-refractivity contribution is -0.274. The molecule has 0 aromatic heterocycles. The third-order valence-corrected chi connectivity index (χ3v) is 4.76. The molecule has 0 unspecified atom stereocenters. The lowest BCUT2D eigenvalue weighted by atomic mass is 10.0. The molecule has 0 aliphatic rings. The van der Waals surface area contributed by atoms with E-state index in [1.807, 2.05) is 37.3 Å². The van der Waals surface area contributed by atoms with Gasteiger partial charge in [-0.2, -0.15) is 0 Å². The lowest BCUT2D eigenvalue weighted by Crippen LogP contribution is -2.27. The number of alkyl halides is 3. The van der Waals surface area contributed by atoms with Gasteiger partial charge in [-0.25, -0.2) is 13.1 Å². The average Bonchev–Trinajstić information content (AvgIpc) is 2.52. The number of nitrogens with one attached hydrogen (secondary N) is 1. The Labute approximate surface area is 138 Å². The summed E-state index contributed by atoms with van der Waals surface area (Å²) in [7, 11) is -3.81. The van der Waals surface area contributed by atoms with Gasteiger partial charge >= 0.3 is 6.36 Å². The Morgan fingerprint density at radius 2 is 1.62 bits per heavy atom. The van der Waals surface area contributed by atoms with E-state index in [2.05, 4.69) is 9.46 Å². The van der Waals surface area contributed by atoms with Crippen molar-refractivity contribution in [3.05, 3.63) is 60.2 Å². The van der Waals surface area contributed by atoms with E-state index in [-0.39, 0.29) is 17.4 Å². The van der Waals surface area contributed by atoms with E-state index in [1.54, 1.807) is 0 Å². The first-order valence-electron chi connectivity index (χ1n) is 7.08. The Kier molecular flexibility index (Phi) is 5.51. The van der Waals surface area contributed by atoms with Crippen LogP contribution in [0.25, 0.3) is 0 Å². The Balaban J connectivity index is 2.02. The van der Waals surface area contributed by atoms with Crippen molar-refractivity contribution in [1.82, 2.24) is 4.72 Å². The molecule has 2 rings (SSSR count). The summed E-state index contributed by atoms with van der Waals surface area (Å²) in [6, 6.07) is 13.4. The molecule has 1 atom stereocenters. The first-order chi connectivity index (χ1) is 11.2. The molecule has 0 radical (unpaired) electrons. The fourth-order valence-electron chi connectivity index (χ4n) is 2.04. The molecule has 0 aliphatic heterocycles. The molecule has 0 fully saturated rings. The molecule has 0 heterocycles. The summed E-state index contributed by atoms with van der Waals surface area (Å²) in [6.07, 6.45) is -4.82. The predicted molar refractivity (Wildman–Crippen MR) is 83.2 cm³/mol. The zero-order valence-corrected chi connectivity index (χ0v) is 13.6. The van der Waals surface area contributed by atoms with Crippen LogP contribution in [-0.4, -0.2) is 21.3 Å². The van der Waals surface area contributed by atoms with Crippen LogP contribution in [-0.2, 0) is 10.0 Å². The summed E-state index contributed by atoms with van der Waals surface area (Å²) in [5, 5.41) is 0. The second-order valence-corrected chi connectivity index (χ2v) is 6.95. The summed E-state index contributed by atoms with van der Waals surface area (Å²) in [5.41, 5.74) is 0.981. The van der Waals surface area contributed by atoms with E-state index in [4.69, 9.17) is 0 Å². The summed E-state index contributed by atoms with van der Waals surface area (Å²) >= 11 is 0. The van der Waals surface area contributed by atoms with E-state index in [0.29, 0.717) is 0 Å². The van der Waals surface area contributed by atoms with Crippen molar-refractivity contribution in [2.75, 3.05) is 6.54 Å². The van der Waals surface area contributed by atoms with Crippen LogP contribution >= 0.6 is 0 Å². The molecule has 0 bridgehead atoms. The fraction of sp³-hybridized carbons (Fsp3) is 0.250. The number of rotatable bonds is 6. The summed E-state index contributed by atoms with van der Waals surface area (Å²) in [4.78, 5) is -0.128. The molecule has 8 heteroatoms. The van der Waals surface area contributed by atoms with Crippen molar-refractivity contribution < 1.29 is 26.3 Å². The standard InChI is InChI=1S/C16H16F3NO3S/c1-12(13-5-3-2-4-6-13)11-20-24(21,22)15-9-7-14(8-10-15)23-16(17,18)19/h2-10,12,20H,11H2,1H3/t12-/m1/s1. The highest BCUT2D eigenvalue weighted by Gasteiger charge is 2.31. The van der Waals surface area contributed by atoms with Crippen LogP contribution in [0.2, 0.25) is 0 Å². The summed E-state index contributed by atoms with van der Waals surface area (Å²) in [5.74, 6) is -0.520. The van der Waals surface area contributed by atoms with E-state index >= 15 is 0 Å². The van der Waals surface area contributed by atoms with Gasteiger partial charge in [0.1, 0.15) is 5.75 Å². The summed E-state index contributed by atoms with van der Waals surface area (Å²) in [6.45, 7) is 2.05. The van der Waals surface area contributed by atoms with Crippen molar-refractivity contribution in [2.24, 2.45) is 0 Å². The number of hydrogen-bond acceptors (Lipinski definition) is 3. The summed E-state index contributed by atoms with van der Waals surface area (Å²) < 4.78 is 66.8. The van der Waals surface area contributed by atoms with Crippen LogP contribution in [0.1, 0.15) is 18.4 Å². The van der Waals surface area contributed by atoms with Crippen LogP contribution < -0.4 is 9.46 Å². The molecule has 1 N–H and O–H groups in total. The maximum absolute atomic E-state index is 12.2. The quantitative estimate of drug-likeness (QED) is 0.856. The molecule has 0 aliphatic carbocycles. The molecule has 0 saturated carbocycles. The van der Waals surface area contributed by atoms with E-state index < -0.39 is 22.1 Å². The molecular formula is C16H16F3NO3S. The molecule has 2 aromatic rings. The second kappa shape index (κ2) is 7.23. The molecule has 24 heavy (non-hydrogen) atoms. The van der Waals surface area contributed by atoms with Crippen molar-refractivity contribution in [2.45, 2.75) is 24.1 Å². The topological polar surface area (TPSA) is 55.4 Å². The Bertz CT molecular complexity index is 759. The van der Waals surface area contributed by atoms with Gasteiger partial charge in [0.2, 0.25) is 10.0 Å². The van der Waals surface area contributed by atoms with Crippen LogP contribution in [0.3, 0.4) is 0 Å². The van der Waals surface area contributed by atoms with Gasteiger partial charge in [-0.3, -0.25) is 0 Å². The smallest absolute Gasteiger partial charge is 0.406 e. The Morgan fingerprint density at radius 1 is 1.04 bits per heavy atom. The Hall–Kier alpha value is -2.06. The largest absolute Gasteiger partial charge is 0.573 e. The molecule has 2 aromatic carbocycles. The van der Waals surface area contributed by atoms with E-state index in [0.717, 1.165) is 29.8 Å². The van der Waals surface area contributed by atoms with Crippen molar-refractivity contribution >= 4 is 10.0 Å². The third kappa shape index (κ3) is 5.24. The van der Waals surface area contributed by atoms with E-state index in [1.165, 1.54) is 0 Å². The normalized spacial score (nSPS) is 13.5. The second-order valence-electron chi connectivity index (χ2n) is 5.18. The monoisotopic (exact) mass is 359 g/mol. The molecule has 0 amide bonds. The maximum atomic E-state index is 12.2. The number of ether oxygens (including phenoxy) is 1. The number of hydrogen-bond donors (Lipinski definition) is 1. The van der Waals surface area contributed by atoms with Crippen LogP contribution in [0.15, 0.2) is 59.5 Å². The van der Waals surface area contributed by atoms with Crippen LogP contribution in [0.5, 0.6) is 5.75 Å². The van der Waals surface area contributed by atoms with Crippen LogP contribution in [0.4, 0.5) is 13.2 Å². The van der Waals surface area contributed by atoms with Gasteiger partial charge in [-0.05, 0) is 35.7 Å². The molecule has 130 valence electrons. The highest BCUT2D eigenvalue weighted by molar-refractivity contribution is 7.89. The number of benzene rings is 2. The van der Waals surface area contributed by atoms with Gasteiger partial charge in [0.25, 0.3) is 0 Å². The molecule has 0 spiro atoms. The number of halogens is 3. The number of sulfonamides is 1. The van der Waals surface area contributed by atoms with Gasteiger partial charge in [0.15, 0.2) is 0 Å². The SMILES string of the molecule is C[C@H](CNS(=O)(=O)c1ccc(OC(F)(F)F)cc1)c1ccccc1. The average molecular weight is 359 g/mol.